The Kier molecular flexibility index (Phi) is 4.40. The first-order valence-corrected chi connectivity index (χ1v) is 8.45. The largest absolute Gasteiger partial charge is 0.378 e. The average molecular weight is 328 g/mol. The van der Waals surface area contributed by atoms with Crippen LogP contribution in [0.5, 0.6) is 0 Å². The molecule has 126 valence electrons. The molecule has 1 aromatic heterocycles. The molecule has 0 spiro atoms. The van der Waals surface area contributed by atoms with Gasteiger partial charge in [-0.05, 0) is 30.0 Å². The summed E-state index contributed by atoms with van der Waals surface area (Å²) in [6, 6.07) is 5.55. The lowest BCUT2D eigenvalue weighted by Crippen LogP contribution is -2.37. The van der Waals surface area contributed by atoms with E-state index in [1.54, 1.807) is 12.1 Å². The van der Waals surface area contributed by atoms with Gasteiger partial charge in [-0.15, -0.1) is 0 Å². The predicted molar refractivity (Wildman–Crippen MR) is 89.4 cm³/mol. The molecule has 0 amide bonds. The Morgan fingerprint density at radius 1 is 1.21 bits per heavy atom. The number of nitrogens with zero attached hydrogens (tertiary/aromatic N) is 3. The summed E-state index contributed by atoms with van der Waals surface area (Å²) in [7, 11) is 0. The van der Waals surface area contributed by atoms with Gasteiger partial charge in [-0.3, -0.25) is 0 Å². The zero-order valence-electron chi connectivity index (χ0n) is 13.5. The molecule has 1 aliphatic carbocycles. The van der Waals surface area contributed by atoms with E-state index in [9.17, 15) is 4.39 Å². The number of hydrogen-bond acceptors (Lipinski definition) is 5. The zero-order chi connectivity index (χ0) is 16.4. The van der Waals surface area contributed by atoms with E-state index < -0.39 is 0 Å². The third kappa shape index (κ3) is 3.12. The molecule has 1 aliphatic heterocycles. The lowest BCUT2D eigenvalue weighted by Gasteiger charge is -2.26. The number of halogens is 1. The van der Waals surface area contributed by atoms with E-state index in [1.807, 2.05) is 18.5 Å². The van der Waals surface area contributed by atoms with Crippen LogP contribution in [0.3, 0.4) is 0 Å². The van der Waals surface area contributed by atoms with Gasteiger partial charge < -0.3 is 15.0 Å². The van der Waals surface area contributed by atoms with E-state index >= 15 is 0 Å². The summed E-state index contributed by atoms with van der Waals surface area (Å²) in [6.07, 6.45) is 5.47. The summed E-state index contributed by atoms with van der Waals surface area (Å²) in [5.41, 5.74) is 2.98. The van der Waals surface area contributed by atoms with Crippen molar-refractivity contribution >= 4 is 5.95 Å². The van der Waals surface area contributed by atoms with Gasteiger partial charge in [0, 0.05) is 43.6 Å². The van der Waals surface area contributed by atoms with E-state index in [4.69, 9.17) is 4.74 Å². The molecule has 2 aliphatic rings. The third-order valence-corrected chi connectivity index (χ3v) is 4.75. The summed E-state index contributed by atoms with van der Waals surface area (Å²) < 4.78 is 19.1. The van der Waals surface area contributed by atoms with Crippen molar-refractivity contribution in [3.63, 3.8) is 0 Å². The molecule has 1 fully saturated rings. The highest BCUT2D eigenvalue weighted by molar-refractivity contribution is 5.36. The highest BCUT2D eigenvalue weighted by Crippen LogP contribution is 2.32. The number of aromatic nitrogens is 2. The monoisotopic (exact) mass is 328 g/mol. The van der Waals surface area contributed by atoms with E-state index in [0.29, 0.717) is 6.54 Å². The summed E-state index contributed by atoms with van der Waals surface area (Å²) in [5.74, 6) is 0.672. The maximum atomic E-state index is 13.8. The first kappa shape index (κ1) is 15.5. The van der Waals surface area contributed by atoms with E-state index in [2.05, 4.69) is 20.2 Å². The minimum Gasteiger partial charge on any atom is -0.378 e. The summed E-state index contributed by atoms with van der Waals surface area (Å²) in [4.78, 5) is 11.1. The molecule has 0 bridgehead atoms. The van der Waals surface area contributed by atoms with Crippen LogP contribution in [0, 0.1) is 5.82 Å². The fourth-order valence-corrected chi connectivity index (χ4v) is 3.43. The average Bonchev–Trinajstić information content (AvgIpc) is 3.06. The fourth-order valence-electron chi connectivity index (χ4n) is 3.43. The van der Waals surface area contributed by atoms with E-state index in [1.165, 1.54) is 0 Å². The molecule has 5 nitrogen and oxygen atoms in total. The Bertz CT molecular complexity index is 701. The summed E-state index contributed by atoms with van der Waals surface area (Å²) >= 11 is 0. The van der Waals surface area contributed by atoms with Crippen LogP contribution in [0.15, 0.2) is 30.6 Å². The van der Waals surface area contributed by atoms with Crippen molar-refractivity contribution in [1.82, 2.24) is 15.3 Å². The number of benzene rings is 1. The Morgan fingerprint density at radius 2 is 2.00 bits per heavy atom. The Balaban J connectivity index is 1.38. The van der Waals surface area contributed by atoms with Gasteiger partial charge >= 0.3 is 0 Å². The summed E-state index contributed by atoms with van der Waals surface area (Å²) in [6.45, 7) is 3.81. The number of ether oxygens (including phenoxy) is 1. The number of rotatable bonds is 4. The van der Waals surface area contributed by atoms with E-state index in [-0.39, 0.29) is 11.9 Å². The van der Waals surface area contributed by atoms with Crippen LogP contribution in [0.1, 0.15) is 29.2 Å². The topological polar surface area (TPSA) is 50.3 Å². The van der Waals surface area contributed by atoms with Crippen molar-refractivity contribution in [2.24, 2.45) is 0 Å². The third-order valence-electron chi connectivity index (χ3n) is 4.75. The van der Waals surface area contributed by atoms with Crippen LogP contribution in [-0.4, -0.2) is 36.3 Å². The molecule has 0 radical (unpaired) electrons. The van der Waals surface area contributed by atoms with Crippen molar-refractivity contribution < 1.29 is 9.13 Å². The molecule has 1 aromatic carbocycles. The number of anilines is 1. The van der Waals surface area contributed by atoms with Crippen molar-refractivity contribution in [3.05, 3.63) is 53.1 Å². The molecular weight excluding hydrogens is 307 g/mol. The Labute approximate surface area is 140 Å². The second kappa shape index (κ2) is 6.83. The molecule has 4 rings (SSSR count). The van der Waals surface area contributed by atoms with Gasteiger partial charge in [0.1, 0.15) is 5.82 Å². The van der Waals surface area contributed by atoms with Gasteiger partial charge in [-0.2, -0.15) is 0 Å². The minimum absolute atomic E-state index is 0.0880. The lowest BCUT2D eigenvalue weighted by atomic mass is 10.1. The van der Waals surface area contributed by atoms with Crippen molar-refractivity contribution in [3.8, 4) is 0 Å². The number of fused-ring (bicyclic) bond motifs is 1. The first-order chi connectivity index (χ1) is 11.8. The molecular formula is C18H21FN4O. The molecule has 2 heterocycles. The molecule has 0 unspecified atom stereocenters. The molecule has 1 atom stereocenters. The molecule has 2 aromatic rings. The van der Waals surface area contributed by atoms with Crippen LogP contribution >= 0.6 is 0 Å². The smallest absolute Gasteiger partial charge is 0.225 e. The van der Waals surface area contributed by atoms with Gasteiger partial charge in [0.2, 0.25) is 5.95 Å². The Hall–Kier alpha value is -2.05. The maximum Gasteiger partial charge on any atom is 0.225 e. The fraction of sp³-hybridized carbons (Fsp3) is 0.444. The number of morpholine rings is 1. The van der Waals surface area contributed by atoms with Gasteiger partial charge in [-0.25, -0.2) is 14.4 Å². The van der Waals surface area contributed by atoms with Crippen molar-refractivity contribution in [2.45, 2.75) is 25.4 Å². The maximum absolute atomic E-state index is 13.8. The quantitative estimate of drug-likeness (QED) is 0.933. The molecule has 0 saturated carbocycles. The molecule has 1 N–H and O–H groups in total. The second-order valence-electron chi connectivity index (χ2n) is 6.27. The standard InChI is InChI=1S/C18H21FN4O/c19-16-3-1-2-15-14(16)4-5-17(15)20-10-13-11-21-18(22-12-13)23-6-8-24-9-7-23/h1-3,11-12,17,20H,4-10H2/t17-/m1/s1. The van der Waals surface area contributed by atoms with Gasteiger partial charge in [0.25, 0.3) is 0 Å². The number of hydrogen-bond donors (Lipinski definition) is 1. The molecule has 6 heteroatoms. The van der Waals surface area contributed by atoms with Crippen molar-refractivity contribution in [1.29, 1.82) is 0 Å². The SMILES string of the molecule is Fc1cccc2c1CC[C@H]2NCc1cnc(N2CCOCC2)nc1. The number of nitrogens with one attached hydrogen (secondary N) is 1. The van der Waals surface area contributed by atoms with Crippen LogP contribution in [0.2, 0.25) is 0 Å². The van der Waals surface area contributed by atoms with Crippen LogP contribution in [-0.2, 0) is 17.7 Å². The predicted octanol–water partition coefficient (Wildman–Crippen LogP) is 2.23. The molecule has 1 saturated heterocycles. The summed E-state index contributed by atoms with van der Waals surface area (Å²) in [5, 5.41) is 3.50. The normalized spacial score (nSPS) is 20.2. The van der Waals surface area contributed by atoms with Crippen LogP contribution in [0.4, 0.5) is 10.3 Å². The highest BCUT2D eigenvalue weighted by atomic mass is 19.1. The van der Waals surface area contributed by atoms with Gasteiger partial charge in [0.05, 0.1) is 13.2 Å². The van der Waals surface area contributed by atoms with Gasteiger partial charge in [0.15, 0.2) is 0 Å². The van der Waals surface area contributed by atoms with E-state index in [0.717, 1.165) is 61.8 Å². The highest BCUT2D eigenvalue weighted by Gasteiger charge is 2.24. The first-order valence-electron chi connectivity index (χ1n) is 8.45. The minimum atomic E-state index is -0.0880. The second-order valence-corrected chi connectivity index (χ2v) is 6.27. The van der Waals surface area contributed by atoms with Crippen LogP contribution in [0.25, 0.3) is 0 Å². The van der Waals surface area contributed by atoms with Gasteiger partial charge in [-0.1, -0.05) is 12.1 Å². The van der Waals surface area contributed by atoms with Crippen LogP contribution < -0.4 is 10.2 Å². The lowest BCUT2D eigenvalue weighted by molar-refractivity contribution is 0.122. The zero-order valence-corrected chi connectivity index (χ0v) is 13.5. The van der Waals surface area contributed by atoms with Crippen molar-refractivity contribution in [2.75, 3.05) is 31.2 Å². The Morgan fingerprint density at radius 3 is 2.79 bits per heavy atom. The molecule has 24 heavy (non-hydrogen) atoms.